The number of carbonyl (C=O) groups excluding carboxylic acids is 1. The Hall–Kier alpha value is -2.58. The standard InChI is InChI=1S/C17H22N4O4/c1-24-15-4-3-10(5-16(15)25-2)12-6-13(21-20-12)17(23)19-8-11-7-18-9-14(11)22/h3-6,11,14,18,22H,7-9H2,1-2H3,(H,19,23)(H,20,21). The number of carbonyl (C=O) groups is 1. The van der Waals surface area contributed by atoms with E-state index in [2.05, 4.69) is 20.8 Å². The molecule has 0 radical (unpaired) electrons. The lowest BCUT2D eigenvalue weighted by Gasteiger charge is -2.13. The number of aromatic nitrogens is 2. The minimum atomic E-state index is -0.426. The van der Waals surface area contributed by atoms with Gasteiger partial charge in [-0.3, -0.25) is 9.89 Å². The molecule has 1 aliphatic rings. The summed E-state index contributed by atoms with van der Waals surface area (Å²) in [7, 11) is 3.14. The monoisotopic (exact) mass is 346 g/mol. The summed E-state index contributed by atoms with van der Waals surface area (Å²) in [5.41, 5.74) is 1.81. The third-order valence-electron chi connectivity index (χ3n) is 4.33. The van der Waals surface area contributed by atoms with Crippen LogP contribution in [0.5, 0.6) is 11.5 Å². The van der Waals surface area contributed by atoms with Crippen LogP contribution in [0.15, 0.2) is 24.3 Å². The number of nitrogens with one attached hydrogen (secondary N) is 3. The fourth-order valence-corrected chi connectivity index (χ4v) is 2.83. The van der Waals surface area contributed by atoms with Crippen LogP contribution in [0.4, 0.5) is 0 Å². The van der Waals surface area contributed by atoms with Crippen molar-refractivity contribution in [2.45, 2.75) is 6.10 Å². The number of aliphatic hydroxyl groups excluding tert-OH is 1. The van der Waals surface area contributed by atoms with Gasteiger partial charge in [0.05, 0.1) is 26.0 Å². The highest BCUT2D eigenvalue weighted by Gasteiger charge is 2.25. The molecule has 0 aliphatic carbocycles. The molecule has 1 saturated heterocycles. The van der Waals surface area contributed by atoms with E-state index in [9.17, 15) is 9.90 Å². The third-order valence-corrected chi connectivity index (χ3v) is 4.33. The van der Waals surface area contributed by atoms with Crippen LogP contribution in [0.1, 0.15) is 10.5 Å². The minimum absolute atomic E-state index is 0.0252. The summed E-state index contributed by atoms with van der Waals surface area (Å²) in [5.74, 6) is 0.996. The highest BCUT2D eigenvalue weighted by molar-refractivity contribution is 5.93. The van der Waals surface area contributed by atoms with E-state index in [1.54, 1.807) is 32.4 Å². The second-order valence-corrected chi connectivity index (χ2v) is 5.93. The summed E-state index contributed by atoms with van der Waals surface area (Å²) in [4.78, 5) is 12.2. The molecule has 0 bridgehead atoms. The summed E-state index contributed by atoms with van der Waals surface area (Å²) < 4.78 is 10.5. The Labute approximate surface area is 145 Å². The zero-order chi connectivity index (χ0) is 17.8. The Morgan fingerprint density at radius 2 is 2.08 bits per heavy atom. The summed E-state index contributed by atoms with van der Waals surface area (Å²) in [5, 5.41) is 22.6. The predicted octanol–water partition coefficient (Wildman–Crippen LogP) is 0.404. The largest absolute Gasteiger partial charge is 0.493 e. The number of ether oxygens (including phenoxy) is 2. The molecule has 1 fully saturated rings. The van der Waals surface area contributed by atoms with Gasteiger partial charge in [0.2, 0.25) is 0 Å². The quantitative estimate of drug-likeness (QED) is 0.603. The fraction of sp³-hybridized carbons (Fsp3) is 0.412. The zero-order valence-corrected chi connectivity index (χ0v) is 14.2. The maximum Gasteiger partial charge on any atom is 0.269 e. The van der Waals surface area contributed by atoms with E-state index in [4.69, 9.17) is 9.47 Å². The fourth-order valence-electron chi connectivity index (χ4n) is 2.83. The number of aromatic amines is 1. The number of benzene rings is 1. The molecule has 8 heteroatoms. The molecular weight excluding hydrogens is 324 g/mol. The predicted molar refractivity (Wildman–Crippen MR) is 91.8 cm³/mol. The van der Waals surface area contributed by atoms with Gasteiger partial charge in [-0.2, -0.15) is 5.10 Å². The Morgan fingerprint density at radius 1 is 1.28 bits per heavy atom. The van der Waals surface area contributed by atoms with Crippen molar-refractivity contribution in [1.29, 1.82) is 0 Å². The van der Waals surface area contributed by atoms with Gasteiger partial charge in [-0.1, -0.05) is 0 Å². The van der Waals surface area contributed by atoms with Crippen molar-refractivity contribution < 1.29 is 19.4 Å². The number of methoxy groups -OCH3 is 2. The van der Waals surface area contributed by atoms with Crippen LogP contribution < -0.4 is 20.1 Å². The number of amides is 1. The normalized spacial score (nSPS) is 19.6. The van der Waals surface area contributed by atoms with Gasteiger partial charge in [-0.05, 0) is 24.3 Å². The molecule has 2 atom stereocenters. The smallest absolute Gasteiger partial charge is 0.269 e. The molecule has 25 heavy (non-hydrogen) atoms. The van der Waals surface area contributed by atoms with E-state index in [0.717, 1.165) is 5.56 Å². The minimum Gasteiger partial charge on any atom is -0.493 e. The van der Waals surface area contributed by atoms with Crippen molar-refractivity contribution in [1.82, 2.24) is 20.8 Å². The lowest BCUT2D eigenvalue weighted by Crippen LogP contribution is -2.34. The number of H-pyrrole nitrogens is 1. The summed E-state index contributed by atoms with van der Waals surface area (Å²) >= 11 is 0. The average molecular weight is 346 g/mol. The van der Waals surface area contributed by atoms with Gasteiger partial charge in [0.1, 0.15) is 5.69 Å². The molecule has 2 heterocycles. The molecule has 1 aliphatic heterocycles. The Balaban J connectivity index is 1.68. The second-order valence-electron chi connectivity index (χ2n) is 5.93. The maximum absolute atomic E-state index is 12.2. The molecular formula is C17H22N4O4. The van der Waals surface area contributed by atoms with Crippen LogP contribution in [0.3, 0.4) is 0 Å². The second kappa shape index (κ2) is 7.54. The van der Waals surface area contributed by atoms with Crippen molar-refractivity contribution in [2.24, 2.45) is 5.92 Å². The molecule has 4 N–H and O–H groups in total. The van der Waals surface area contributed by atoms with Crippen LogP contribution >= 0.6 is 0 Å². The first-order chi connectivity index (χ1) is 12.1. The van der Waals surface area contributed by atoms with Crippen molar-refractivity contribution >= 4 is 5.91 Å². The first-order valence-corrected chi connectivity index (χ1v) is 8.07. The number of aliphatic hydroxyl groups is 1. The van der Waals surface area contributed by atoms with Crippen molar-refractivity contribution in [3.8, 4) is 22.8 Å². The van der Waals surface area contributed by atoms with Gasteiger partial charge < -0.3 is 25.2 Å². The number of rotatable bonds is 6. The van der Waals surface area contributed by atoms with E-state index in [0.29, 0.717) is 42.5 Å². The van der Waals surface area contributed by atoms with Crippen LogP contribution in [0.2, 0.25) is 0 Å². The van der Waals surface area contributed by atoms with Gasteiger partial charge in [0.25, 0.3) is 5.91 Å². The molecule has 0 spiro atoms. The average Bonchev–Trinajstić information content (AvgIpc) is 3.28. The SMILES string of the molecule is COc1ccc(-c2cc(C(=O)NCC3CNCC3O)[nH]n2)cc1OC. The Kier molecular flexibility index (Phi) is 5.20. The van der Waals surface area contributed by atoms with Crippen LogP contribution in [0, 0.1) is 5.92 Å². The molecule has 1 aromatic heterocycles. The number of nitrogens with zero attached hydrogens (tertiary/aromatic N) is 1. The van der Waals surface area contributed by atoms with Gasteiger partial charge in [0, 0.05) is 31.1 Å². The number of β-amino-alcohol motifs (C(OH)–C–C–N with tert-alkyl or cyclic N) is 1. The summed E-state index contributed by atoms with van der Waals surface area (Å²) in [6, 6.07) is 7.12. The lowest BCUT2D eigenvalue weighted by molar-refractivity contribution is 0.0922. The zero-order valence-electron chi connectivity index (χ0n) is 14.2. The van der Waals surface area contributed by atoms with Crippen molar-refractivity contribution in [3.05, 3.63) is 30.0 Å². The molecule has 1 amide bonds. The van der Waals surface area contributed by atoms with Crippen molar-refractivity contribution in [3.63, 3.8) is 0 Å². The highest BCUT2D eigenvalue weighted by atomic mass is 16.5. The number of hydrogen-bond acceptors (Lipinski definition) is 6. The molecule has 2 aromatic rings. The van der Waals surface area contributed by atoms with E-state index in [1.165, 1.54) is 0 Å². The van der Waals surface area contributed by atoms with Crippen LogP contribution in [-0.4, -0.2) is 61.2 Å². The summed E-state index contributed by atoms with van der Waals surface area (Å²) in [6.45, 7) is 1.67. The number of hydrogen-bond donors (Lipinski definition) is 4. The van der Waals surface area contributed by atoms with E-state index in [1.807, 2.05) is 6.07 Å². The van der Waals surface area contributed by atoms with Crippen LogP contribution in [-0.2, 0) is 0 Å². The molecule has 0 saturated carbocycles. The Morgan fingerprint density at radius 3 is 2.76 bits per heavy atom. The molecule has 3 rings (SSSR count). The van der Waals surface area contributed by atoms with Gasteiger partial charge in [-0.25, -0.2) is 0 Å². The topological polar surface area (TPSA) is 108 Å². The lowest BCUT2D eigenvalue weighted by atomic mass is 10.1. The summed E-state index contributed by atoms with van der Waals surface area (Å²) in [6.07, 6.45) is -0.426. The van der Waals surface area contributed by atoms with Gasteiger partial charge in [0.15, 0.2) is 11.5 Å². The maximum atomic E-state index is 12.2. The first kappa shape index (κ1) is 17.2. The third kappa shape index (κ3) is 3.75. The molecule has 2 unspecified atom stereocenters. The molecule has 1 aromatic carbocycles. The van der Waals surface area contributed by atoms with Gasteiger partial charge in [-0.15, -0.1) is 0 Å². The molecule has 8 nitrogen and oxygen atoms in total. The van der Waals surface area contributed by atoms with E-state index >= 15 is 0 Å². The highest BCUT2D eigenvalue weighted by Crippen LogP contribution is 2.31. The van der Waals surface area contributed by atoms with E-state index < -0.39 is 6.10 Å². The first-order valence-electron chi connectivity index (χ1n) is 8.07. The van der Waals surface area contributed by atoms with Gasteiger partial charge >= 0.3 is 0 Å². The van der Waals surface area contributed by atoms with E-state index in [-0.39, 0.29) is 11.8 Å². The van der Waals surface area contributed by atoms with Crippen molar-refractivity contribution in [2.75, 3.05) is 33.9 Å². The molecule has 134 valence electrons. The Bertz CT molecular complexity index is 746. The van der Waals surface area contributed by atoms with Crippen LogP contribution in [0.25, 0.3) is 11.3 Å².